The normalized spacial score (nSPS) is 13.9. The van der Waals surface area contributed by atoms with E-state index in [0.29, 0.717) is 22.3 Å². The fraction of sp³-hybridized carbons (Fsp3) is 0.448. The molecule has 4 rings (SSSR count). The van der Waals surface area contributed by atoms with Crippen LogP contribution in [-0.2, 0) is 11.9 Å². The predicted molar refractivity (Wildman–Crippen MR) is 149 cm³/mol. The van der Waals surface area contributed by atoms with Crippen LogP contribution in [0.25, 0.3) is 11.0 Å². The summed E-state index contributed by atoms with van der Waals surface area (Å²) in [7, 11) is 3.55. The number of nitriles is 2. The molecule has 0 amide bonds. The molecule has 1 aliphatic carbocycles. The van der Waals surface area contributed by atoms with Crippen molar-refractivity contribution in [3.63, 3.8) is 0 Å². The lowest BCUT2D eigenvalue weighted by atomic mass is 9.93. The van der Waals surface area contributed by atoms with E-state index in [-0.39, 0.29) is 28.5 Å². The SMILES string of the molecule is CN(c1c(C#N)c(=O)n(C)c2ccc(C#N)nc12)C1CCCCC1.Cc1cc(/C=N\OC(C)(C)C)cnc1F. The molecule has 1 saturated carbocycles. The van der Waals surface area contributed by atoms with Crippen LogP contribution in [-0.4, -0.2) is 39.4 Å². The lowest BCUT2D eigenvalue weighted by molar-refractivity contribution is 0.00199. The number of hydrogen-bond acceptors (Lipinski definition) is 8. The molecule has 204 valence electrons. The molecule has 10 heteroatoms. The Balaban J connectivity index is 0.000000242. The van der Waals surface area contributed by atoms with Gasteiger partial charge in [0.05, 0.1) is 17.4 Å². The number of aromatic nitrogens is 3. The second-order valence-corrected chi connectivity index (χ2v) is 10.6. The van der Waals surface area contributed by atoms with Gasteiger partial charge in [-0.15, -0.1) is 0 Å². The molecule has 0 bridgehead atoms. The van der Waals surface area contributed by atoms with Crippen LogP contribution in [0.15, 0.2) is 34.3 Å². The zero-order valence-electron chi connectivity index (χ0n) is 23.3. The Morgan fingerprint density at radius 1 is 1.21 bits per heavy atom. The molecule has 0 unspecified atom stereocenters. The van der Waals surface area contributed by atoms with Gasteiger partial charge >= 0.3 is 0 Å². The number of aryl methyl sites for hydroxylation is 2. The van der Waals surface area contributed by atoms with Gasteiger partial charge in [0, 0.05) is 37.5 Å². The van der Waals surface area contributed by atoms with Crippen LogP contribution < -0.4 is 10.5 Å². The Kier molecular flexibility index (Phi) is 9.37. The molecule has 9 nitrogen and oxygen atoms in total. The second-order valence-electron chi connectivity index (χ2n) is 10.6. The van der Waals surface area contributed by atoms with Gasteiger partial charge < -0.3 is 14.3 Å². The highest BCUT2D eigenvalue weighted by Crippen LogP contribution is 2.32. The summed E-state index contributed by atoms with van der Waals surface area (Å²) in [4.78, 5) is 27.8. The van der Waals surface area contributed by atoms with E-state index in [2.05, 4.69) is 21.2 Å². The molecule has 0 radical (unpaired) electrons. The number of hydrogen-bond donors (Lipinski definition) is 0. The zero-order valence-corrected chi connectivity index (χ0v) is 23.3. The van der Waals surface area contributed by atoms with E-state index in [1.807, 2.05) is 38.8 Å². The third-order valence-corrected chi connectivity index (χ3v) is 6.48. The molecule has 0 spiro atoms. The number of fused-ring (bicyclic) bond motifs is 1. The monoisotopic (exact) mass is 531 g/mol. The van der Waals surface area contributed by atoms with Crippen LogP contribution in [0, 0.1) is 35.5 Å². The van der Waals surface area contributed by atoms with E-state index < -0.39 is 5.95 Å². The maximum Gasteiger partial charge on any atom is 0.270 e. The highest BCUT2D eigenvalue weighted by molar-refractivity contribution is 5.92. The van der Waals surface area contributed by atoms with Gasteiger partial charge in [-0.1, -0.05) is 24.4 Å². The van der Waals surface area contributed by atoms with Crippen LogP contribution in [0.5, 0.6) is 0 Å². The Labute approximate surface area is 228 Å². The van der Waals surface area contributed by atoms with Gasteiger partial charge in [0.1, 0.15) is 34.5 Å². The molecule has 3 aromatic heterocycles. The van der Waals surface area contributed by atoms with Crippen molar-refractivity contribution < 1.29 is 9.23 Å². The maximum atomic E-state index is 12.8. The number of nitrogens with zero attached hydrogens (tertiary/aromatic N) is 7. The number of oxime groups is 1. The van der Waals surface area contributed by atoms with E-state index in [1.165, 1.54) is 23.4 Å². The van der Waals surface area contributed by atoms with Crippen LogP contribution in [0.2, 0.25) is 0 Å². The summed E-state index contributed by atoms with van der Waals surface area (Å²) in [5, 5.41) is 22.5. The van der Waals surface area contributed by atoms with Crippen LogP contribution in [0.3, 0.4) is 0 Å². The second kappa shape index (κ2) is 12.5. The molecule has 1 aliphatic rings. The standard InChI is InChI=1S/C18H19N5O.C11H15FN2O/c1-22(13-6-4-3-5-7-13)17-14(11-20)18(24)23(2)15-9-8-12(10-19)21-16(15)17;1-8-5-9(6-13-10(8)12)7-14-15-11(2,3)4/h8-9,13H,3-7H2,1-2H3;5-7H,1-4H3/b;14-7-. The fourth-order valence-corrected chi connectivity index (χ4v) is 4.45. The first-order chi connectivity index (χ1) is 18.5. The lowest BCUT2D eigenvalue weighted by Gasteiger charge is -2.33. The Morgan fingerprint density at radius 2 is 1.90 bits per heavy atom. The predicted octanol–water partition coefficient (Wildman–Crippen LogP) is 5.12. The van der Waals surface area contributed by atoms with E-state index in [9.17, 15) is 14.4 Å². The smallest absolute Gasteiger partial charge is 0.270 e. The van der Waals surface area contributed by atoms with Crippen molar-refractivity contribution in [1.29, 1.82) is 10.5 Å². The number of pyridine rings is 3. The highest BCUT2D eigenvalue weighted by Gasteiger charge is 2.25. The molecular weight excluding hydrogens is 497 g/mol. The van der Waals surface area contributed by atoms with Gasteiger partial charge in [-0.05, 0) is 58.7 Å². The van der Waals surface area contributed by atoms with E-state index in [0.717, 1.165) is 31.2 Å². The molecule has 0 aromatic carbocycles. The van der Waals surface area contributed by atoms with E-state index >= 15 is 0 Å². The molecule has 3 heterocycles. The molecule has 3 aromatic rings. The minimum absolute atomic E-state index is 0.0978. The third-order valence-electron chi connectivity index (χ3n) is 6.48. The lowest BCUT2D eigenvalue weighted by Crippen LogP contribution is -2.36. The van der Waals surface area contributed by atoms with Crippen molar-refractivity contribution in [2.75, 3.05) is 11.9 Å². The molecule has 39 heavy (non-hydrogen) atoms. The van der Waals surface area contributed by atoms with Crippen LogP contribution in [0.4, 0.5) is 10.1 Å². The van der Waals surface area contributed by atoms with Gasteiger partial charge in [0.15, 0.2) is 0 Å². The quantitative estimate of drug-likeness (QED) is 0.260. The molecule has 1 fully saturated rings. The zero-order chi connectivity index (χ0) is 28.7. The first kappa shape index (κ1) is 29.2. The number of halogens is 1. The van der Waals surface area contributed by atoms with E-state index in [4.69, 9.17) is 10.1 Å². The van der Waals surface area contributed by atoms with Crippen molar-refractivity contribution in [2.24, 2.45) is 12.2 Å². The topological polar surface area (TPSA) is 120 Å². The summed E-state index contributed by atoms with van der Waals surface area (Å²) < 4.78 is 14.3. The molecule has 0 saturated heterocycles. The van der Waals surface area contributed by atoms with Gasteiger partial charge in [0.2, 0.25) is 5.95 Å². The van der Waals surface area contributed by atoms with Crippen molar-refractivity contribution >= 4 is 22.9 Å². The first-order valence-corrected chi connectivity index (χ1v) is 12.9. The summed E-state index contributed by atoms with van der Waals surface area (Å²) in [6.45, 7) is 7.36. The van der Waals surface area contributed by atoms with Crippen molar-refractivity contribution in [3.05, 3.63) is 63.1 Å². The highest BCUT2D eigenvalue weighted by atomic mass is 19.1. The van der Waals surface area contributed by atoms with Crippen molar-refractivity contribution in [1.82, 2.24) is 14.5 Å². The minimum Gasteiger partial charge on any atom is -0.390 e. The van der Waals surface area contributed by atoms with Gasteiger partial charge in [-0.2, -0.15) is 14.9 Å². The summed E-state index contributed by atoms with van der Waals surface area (Å²) in [6, 6.07) is 9.36. The molecule has 0 atom stereocenters. The Morgan fingerprint density at radius 3 is 2.49 bits per heavy atom. The Bertz CT molecular complexity index is 1500. The fourth-order valence-electron chi connectivity index (χ4n) is 4.45. The largest absolute Gasteiger partial charge is 0.390 e. The molecule has 0 N–H and O–H groups in total. The summed E-state index contributed by atoms with van der Waals surface area (Å²) in [5.41, 5.74) is 2.68. The van der Waals surface area contributed by atoms with Crippen LogP contribution in [0.1, 0.15) is 75.3 Å². The maximum absolute atomic E-state index is 12.8. The van der Waals surface area contributed by atoms with Crippen LogP contribution >= 0.6 is 0 Å². The number of anilines is 1. The van der Waals surface area contributed by atoms with Crippen molar-refractivity contribution in [3.8, 4) is 12.1 Å². The van der Waals surface area contributed by atoms with Gasteiger partial charge in [0.25, 0.3) is 5.56 Å². The number of rotatable bonds is 4. The average Bonchev–Trinajstić information content (AvgIpc) is 2.92. The van der Waals surface area contributed by atoms with Gasteiger partial charge in [-0.25, -0.2) is 9.97 Å². The van der Waals surface area contributed by atoms with Crippen molar-refractivity contribution in [2.45, 2.75) is 71.4 Å². The average molecular weight is 532 g/mol. The molecular formula is C29H34FN7O2. The first-order valence-electron chi connectivity index (χ1n) is 12.9. The van der Waals surface area contributed by atoms with E-state index in [1.54, 1.807) is 32.2 Å². The summed E-state index contributed by atoms with van der Waals surface area (Å²) in [6.07, 6.45) is 8.53. The van der Waals surface area contributed by atoms with Gasteiger partial charge in [-0.3, -0.25) is 4.79 Å². The molecule has 0 aliphatic heterocycles. The Hall–Kier alpha value is -4.31. The summed E-state index contributed by atoms with van der Waals surface area (Å²) in [5.74, 6) is -0.455. The third kappa shape index (κ3) is 7.17. The summed E-state index contributed by atoms with van der Waals surface area (Å²) >= 11 is 0. The minimum atomic E-state index is -0.455.